The molecule has 184 valence electrons. The lowest BCUT2D eigenvalue weighted by Gasteiger charge is -2.20. The van der Waals surface area contributed by atoms with Gasteiger partial charge in [0.25, 0.3) is 11.6 Å². The topological polar surface area (TPSA) is 110 Å². The van der Waals surface area contributed by atoms with E-state index in [1.54, 1.807) is 35.9 Å². The summed E-state index contributed by atoms with van der Waals surface area (Å²) in [6.45, 7) is 7.80. The van der Waals surface area contributed by atoms with Crippen LogP contribution in [0.4, 0.5) is 11.5 Å². The number of amides is 2. The first-order chi connectivity index (χ1) is 16.4. The van der Waals surface area contributed by atoms with Crippen LogP contribution in [0.25, 0.3) is 5.69 Å². The second-order valence-electron chi connectivity index (χ2n) is 8.85. The summed E-state index contributed by atoms with van der Waals surface area (Å²) in [5.74, 6) is -0.424. The minimum absolute atomic E-state index is 0.118. The summed E-state index contributed by atoms with van der Waals surface area (Å²) in [4.78, 5) is 37.5. The van der Waals surface area contributed by atoms with Crippen molar-refractivity contribution in [2.24, 2.45) is 0 Å². The predicted octanol–water partition coefficient (Wildman–Crippen LogP) is 5.49. The number of nitro groups is 1. The Kier molecular flexibility index (Phi) is 7.82. The van der Waals surface area contributed by atoms with Gasteiger partial charge >= 0.3 is 0 Å². The third-order valence-corrected chi connectivity index (χ3v) is 5.96. The summed E-state index contributed by atoms with van der Waals surface area (Å²) in [5, 5.41) is 19.1. The zero-order valence-electron chi connectivity index (χ0n) is 19.7. The summed E-state index contributed by atoms with van der Waals surface area (Å²) in [6, 6.07) is 12.1. The molecular formula is C24H25Cl2N5O4. The van der Waals surface area contributed by atoms with Crippen molar-refractivity contribution in [1.82, 2.24) is 14.7 Å². The number of hydrogen-bond donors (Lipinski definition) is 1. The molecule has 0 fully saturated rings. The number of non-ortho nitro benzene ring substituents is 1. The highest BCUT2D eigenvalue weighted by Gasteiger charge is 2.23. The predicted molar refractivity (Wildman–Crippen MR) is 136 cm³/mol. The van der Waals surface area contributed by atoms with E-state index in [2.05, 4.69) is 10.4 Å². The maximum atomic E-state index is 12.9. The smallest absolute Gasteiger partial charge is 0.269 e. The van der Waals surface area contributed by atoms with Gasteiger partial charge in [0.05, 0.1) is 26.3 Å². The van der Waals surface area contributed by atoms with Gasteiger partial charge in [0.15, 0.2) is 0 Å². The molecule has 0 radical (unpaired) electrons. The van der Waals surface area contributed by atoms with Gasteiger partial charge in [-0.15, -0.1) is 0 Å². The molecule has 0 aliphatic rings. The fraction of sp³-hybridized carbons (Fsp3) is 0.292. The molecule has 0 saturated carbocycles. The largest absolute Gasteiger partial charge is 0.330 e. The maximum absolute atomic E-state index is 12.9. The number of carbonyl (C=O) groups excluding carboxylic acids is 2. The van der Waals surface area contributed by atoms with Crippen LogP contribution >= 0.6 is 23.2 Å². The number of nitrogens with one attached hydrogen (secondary N) is 1. The van der Waals surface area contributed by atoms with E-state index in [1.165, 1.54) is 29.2 Å². The Hall–Kier alpha value is -3.43. The number of halogens is 2. The standard InChI is InChI=1S/C24H25Cl2N5O4/c1-5-29(23(33)15-6-8-16(9-7-15)31(34)35)14-22(32)27-21-13-20(24(2,3)4)28-30(21)17-10-11-18(25)19(26)12-17/h6-13H,5,14H2,1-4H3,(H,27,32). The van der Waals surface area contributed by atoms with Gasteiger partial charge in [0, 0.05) is 35.7 Å². The molecule has 0 saturated heterocycles. The van der Waals surface area contributed by atoms with Gasteiger partial charge in [-0.2, -0.15) is 5.10 Å². The van der Waals surface area contributed by atoms with Crippen LogP contribution in [0.3, 0.4) is 0 Å². The summed E-state index contributed by atoms with van der Waals surface area (Å²) in [7, 11) is 0. The average molecular weight is 518 g/mol. The highest BCUT2D eigenvalue weighted by atomic mass is 35.5. The van der Waals surface area contributed by atoms with Crippen LogP contribution in [0.2, 0.25) is 10.0 Å². The number of likely N-dealkylation sites (N-methyl/N-ethyl adjacent to an activating group) is 1. The van der Waals surface area contributed by atoms with Crippen molar-refractivity contribution in [2.75, 3.05) is 18.4 Å². The van der Waals surface area contributed by atoms with Gasteiger partial charge in [-0.1, -0.05) is 44.0 Å². The quantitative estimate of drug-likeness (QED) is 0.329. The lowest BCUT2D eigenvalue weighted by molar-refractivity contribution is -0.384. The van der Waals surface area contributed by atoms with E-state index in [1.807, 2.05) is 20.8 Å². The van der Waals surface area contributed by atoms with Crippen LogP contribution < -0.4 is 5.32 Å². The Morgan fingerprint density at radius 2 is 1.74 bits per heavy atom. The van der Waals surface area contributed by atoms with Gasteiger partial charge in [0.2, 0.25) is 5.91 Å². The molecule has 3 rings (SSSR count). The Morgan fingerprint density at radius 3 is 2.29 bits per heavy atom. The van der Waals surface area contributed by atoms with Crippen LogP contribution in [0.5, 0.6) is 0 Å². The van der Waals surface area contributed by atoms with E-state index in [0.717, 1.165) is 5.69 Å². The third kappa shape index (κ3) is 6.17. The van der Waals surface area contributed by atoms with Crippen molar-refractivity contribution in [3.8, 4) is 5.69 Å². The molecule has 0 unspecified atom stereocenters. The number of rotatable bonds is 7. The fourth-order valence-electron chi connectivity index (χ4n) is 3.24. The van der Waals surface area contributed by atoms with Crippen molar-refractivity contribution in [3.63, 3.8) is 0 Å². The van der Waals surface area contributed by atoms with Gasteiger partial charge in [-0.25, -0.2) is 4.68 Å². The molecule has 0 aliphatic heterocycles. The van der Waals surface area contributed by atoms with Crippen molar-refractivity contribution in [2.45, 2.75) is 33.1 Å². The van der Waals surface area contributed by atoms with E-state index in [-0.39, 0.29) is 29.8 Å². The summed E-state index contributed by atoms with van der Waals surface area (Å²) >= 11 is 12.2. The Bertz CT molecular complexity index is 1270. The third-order valence-electron chi connectivity index (χ3n) is 5.22. The molecule has 2 aromatic carbocycles. The summed E-state index contributed by atoms with van der Waals surface area (Å²) < 4.78 is 1.56. The number of benzene rings is 2. The molecule has 1 N–H and O–H groups in total. The first kappa shape index (κ1) is 26.2. The van der Waals surface area contributed by atoms with Gasteiger partial charge < -0.3 is 10.2 Å². The highest BCUT2D eigenvalue weighted by Crippen LogP contribution is 2.29. The number of nitro benzene ring substituents is 1. The molecule has 1 heterocycles. The van der Waals surface area contributed by atoms with Gasteiger partial charge in [-0.05, 0) is 37.3 Å². The molecule has 0 atom stereocenters. The van der Waals surface area contributed by atoms with E-state index in [4.69, 9.17) is 23.2 Å². The first-order valence-corrected chi connectivity index (χ1v) is 11.6. The van der Waals surface area contributed by atoms with Crippen molar-refractivity contribution < 1.29 is 14.5 Å². The van der Waals surface area contributed by atoms with Crippen LogP contribution in [0, 0.1) is 10.1 Å². The van der Waals surface area contributed by atoms with E-state index >= 15 is 0 Å². The second-order valence-corrected chi connectivity index (χ2v) is 9.66. The molecule has 11 heteroatoms. The molecule has 3 aromatic rings. The molecule has 0 spiro atoms. The number of aromatic nitrogens is 2. The molecule has 0 bridgehead atoms. The van der Waals surface area contributed by atoms with Crippen LogP contribution in [-0.4, -0.2) is 44.5 Å². The Balaban J connectivity index is 1.83. The molecule has 9 nitrogen and oxygen atoms in total. The van der Waals surface area contributed by atoms with Crippen LogP contribution in [0.15, 0.2) is 48.5 Å². The average Bonchev–Trinajstić information content (AvgIpc) is 3.23. The van der Waals surface area contributed by atoms with Crippen LogP contribution in [-0.2, 0) is 10.2 Å². The van der Waals surface area contributed by atoms with Crippen molar-refractivity contribution in [3.05, 3.63) is 79.9 Å². The monoisotopic (exact) mass is 517 g/mol. The zero-order chi connectivity index (χ0) is 25.9. The van der Waals surface area contributed by atoms with E-state index in [9.17, 15) is 19.7 Å². The maximum Gasteiger partial charge on any atom is 0.269 e. The first-order valence-electron chi connectivity index (χ1n) is 10.8. The number of hydrogen-bond acceptors (Lipinski definition) is 5. The molecule has 35 heavy (non-hydrogen) atoms. The molecule has 0 aliphatic carbocycles. The minimum atomic E-state index is -0.540. The van der Waals surface area contributed by atoms with Crippen molar-refractivity contribution >= 4 is 46.5 Å². The minimum Gasteiger partial charge on any atom is -0.330 e. The van der Waals surface area contributed by atoms with Crippen LogP contribution in [0.1, 0.15) is 43.7 Å². The lowest BCUT2D eigenvalue weighted by Crippen LogP contribution is -2.38. The summed E-state index contributed by atoms with van der Waals surface area (Å²) in [6.07, 6.45) is 0. The van der Waals surface area contributed by atoms with Gasteiger partial charge in [0.1, 0.15) is 12.4 Å². The zero-order valence-corrected chi connectivity index (χ0v) is 21.2. The SMILES string of the molecule is CCN(CC(=O)Nc1cc(C(C)(C)C)nn1-c1ccc(Cl)c(Cl)c1)C(=O)c1ccc([N+](=O)[O-])cc1. The molecule has 1 aromatic heterocycles. The molecule has 2 amide bonds. The Morgan fingerprint density at radius 1 is 1.09 bits per heavy atom. The second kappa shape index (κ2) is 10.5. The fourth-order valence-corrected chi connectivity index (χ4v) is 3.53. The Labute approximate surface area is 212 Å². The van der Waals surface area contributed by atoms with E-state index in [0.29, 0.717) is 21.6 Å². The summed E-state index contributed by atoms with van der Waals surface area (Å²) in [5.41, 5.74) is 1.20. The lowest BCUT2D eigenvalue weighted by atomic mass is 9.92. The number of carbonyl (C=O) groups is 2. The number of anilines is 1. The van der Waals surface area contributed by atoms with Gasteiger partial charge in [-0.3, -0.25) is 19.7 Å². The van der Waals surface area contributed by atoms with E-state index < -0.39 is 16.7 Å². The van der Waals surface area contributed by atoms with Crippen molar-refractivity contribution in [1.29, 1.82) is 0 Å². The molecular weight excluding hydrogens is 493 g/mol. The normalized spacial score (nSPS) is 11.3. The highest BCUT2D eigenvalue weighted by molar-refractivity contribution is 6.42. The number of nitrogens with zero attached hydrogens (tertiary/aromatic N) is 4.